The van der Waals surface area contributed by atoms with Crippen LogP contribution in [0.3, 0.4) is 0 Å². The molecule has 2 atom stereocenters. The van der Waals surface area contributed by atoms with Crippen LogP contribution in [0.1, 0.15) is 30.0 Å². The van der Waals surface area contributed by atoms with Crippen molar-refractivity contribution >= 4 is 5.91 Å². The molecule has 2 heterocycles. The number of amides is 1. The van der Waals surface area contributed by atoms with Gasteiger partial charge in [-0.2, -0.15) is 0 Å². The lowest BCUT2D eigenvalue weighted by Gasteiger charge is -2.14. The maximum Gasteiger partial charge on any atom is 0.236 e. The van der Waals surface area contributed by atoms with Crippen molar-refractivity contribution in [2.75, 3.05) is 7.05 Å². The van der Waals surface area contributed by atoms with Crippen LogP contribution in [-0.2, 0) is 4.79 Å². The molecule has 0 radical (unpaired) electrons. The zero-order valence-corrected chi connectivity index (χ0v) is 10.3. The topological polar surface area (TPSA) is 33.2 Å². The SMILES string of the molecule is C#Cc1cccnc1[C@H]1C(=O)N(C)C2=CCC[C@@H]21. The van der Waals surface area contributed by atoms with E-state index in [0.29, 0.717) is 0 Å². The van der Waals surface area contributed by atoms with E-state index < -0.39 is 0 Å². The van der Waals surface area contributed by atoms with Crippen LogP contribution >= 0.6 is 0 Å². The van der Waals surface area contributed by atoms with Gasteiger partial charge in [-0.1, -0.05) is 12.0 Å². The van der Waals surface area contributed by atoms with Crippen molar-refractivity contribution in [1.29, 1.82) is 0 Å². The molecule has 1 aromatic rings. The van der Waals surface area contributed by atoms with Gasteiger partial charge in [0, 0.05) is 30.4 Å². The Balaban J connectivity index is 2.10. The lowest BCUT2D eigenvalue weighted by atomic mass is 9.88. The Kier molecular flexibility index (Phi) is 2.45. The van der Waals surface area contributed by atoms with Crippen molar-refractivity contribution in [3.05, 3.63) is 41.4 Å². The molecule has 3 nitrogen and oxygen atoms in total. The third-order valence-corrected chi connectivity index (χ3v) is 3.89. The summed E-state index contributed by atoms with van der Waals surface area (Å²) in [6, 6.07) is 3.67. The first-order valence-electron chi connectivity index (χ1n) is 6.13. The van der Waals surface area contributed by atoms with E-state index >= 15 is 0 Å². The van der Waals surface area contributed by atoms with E-state index in [9.17, 15) is 4.79 Å². The molecule has 1 aliphatic carbocycles. The third kappa shape index (κ3) is 1.39. The summed E-state index contributed by atoms with van der Waals surface area (Å²) < 4.78 is 0. The Morgan fingerprint density at radius 3 is 3.17 bits per heavy atom. The number of pyridine rings is 1. The molecule has 0 spiro atoms. The molecule has 0 saturated carbocycles. The molecule has 0 unspecified atom stereocenters. The van der Waals surface area contributed by atoms with Gasteiger partial charge >= 0.3 is 0 Å². The molecule has 0 N–H and O–H groups in total. The van der Waals surface area contributed by atoms with Crippen molar-refractivity contribution in [1.82, 2.24) is 9.88 Å². The van der Waals surface area contributed by atoms with Crippen molar-refractivity contribution in [2.24, 2.45) is 5.92 Å². The average Bonchev–Trinajstić information content (AvgIpc) is 2.95. The first-order chi connectivity index (χ1) is 8.74. The number of hydrogen-bond donors (Lipinski definition) is 0. The summed E-state index contributed by atoms with van der Waals surface area (Å²) in [5.41, 5.74) is 2.63. The molecule has 1 saturated heterocycles. The molecule has 2 aliphatic rings. The van der Waals surface area contributed by atoms with Gasteiger partial charge in [0.05, 0.1) is 11.6 Å². The average molecular weight is 238 g/mol. The fourth-order valence-corrected chi connectivity index (χ4v) is 3.04. The number of likely N-dealkylation sites (tertiary alicyclic amines) is 1. The number of rotatable bonds is 1. The maximum atomic E-state index is 12.4. The number of nitrogens with zero attached hydrogens (tertiary/aromatic N) is 2. The number of carbonyl (C=O) groups excluding carboxylic acids is 1. The first kappa shape index (κ1) is 11.0. The molecule has 18 heavy (non-hydrogen) atoms. The van der Waals surface area contributed by atoms with E-state index in [4.69, 9.17) is 6.42 Å². The van der Waals surface area contributed by atoms with E-state index in [2.05, 4.69) is 17.0 Å². The van der Waals surface area contributed by atoms with Crippen molar-refractivity contribution in [3.8, 4) is 12.3 Å². The van der Waals surface area contributed by atoms with Crippen LogP contribution in [-0.4, -0.2) is 22.8 Å². The summed E-state index contributed by atoms with van der Waals surface area (Å²) >= 11 is 0. The number of fused-ring (bicyclic) bond motifs is 1. The number of terminal acetylenes is 1. The van der Waals surface area contributed by atoms with Gasteiger partial charge in [-0.05, 0) is 25.0 Å². The van der Waals surface area contributed by atoms with Crippen molar-refractivity contribution in [3.63, 3.8) is 0 Å². The second kappa shape index (κ2) is 3.99. The first-order valence-corrected chi connectivity index (χ1v) is 6.13. The summed E-state index contributed by atoms with van der Waals surface area (Å²) in [7, 11) is 1.84. The monoisotopic (exact) mass is 238 g/mol. The summed E-state index contributed by atoms with van der Waals surface area (Å²) in [5.74, 6) is 2.80. The Bertz CT molecular complexity index is 582. The van der Waals surface area contributed by atoms with Crippen LogP contribution in [0.4, 0.5) is 0 Å². The second-order valence-corrected chi connectivity index (χ2v) is 4.77. The Morgan fingerprint density at radius 2 is 2.39 bits per heavy atom. The summed E-state index contributed by atoms with van der Waals surface area (Å²) in [5, 5.41) is 0. The summed E-state index contributed by atoms with van der Waals surface area (Å²) in [6.45, 7) is 0. The molecule has 1 amide bonds. The molecule has 3 rings (SSSR count). The van der Waals surface area contributed by atoms with E-state index in [1.54, 1.807) is 11.1 Å². The van der Waals surface area contributed by atoms with Crippen LogP contribution in [0.25, 0.3) is 0 Å². The van der Waals surface area contributed by atoms with Gasteiger partial charge in [-0.3, -0.25) is 9.78 Å². The molecule has 0 aromatic carbocycles. The van der Waals surface area contributed by atoms with Crippen LogP contribution in [0.15, 0.2) is 30.1 Å². The highest BCUT2D eigenvalue weighted by Gasteiger charge is 2.46. The maximum absolute atomic E-state index is 12.4. The highest BCUT2D eigenvalue weighted by molar-refractivity contribution is 5.89. The van der Waals surface area contributed by atoms with Gasteiger partial charge in [0.25, 0.3) is 0 Å². The van der Waals surface area contributed by atoms with Crippen molar-refractivity contribution in [2.45, 2.75) is 18.8 Å². The Labute approximate surface area is 107 Å². The van der Waals surface area contributed by atoms with Gasteiger partial charge in [-0.25, -0.2) is 0 Å². The normalized spacial score (nSPS) is 25.9. The minimum Gasteiger partial charge on any atom is -0.319 e. The Hall–Kier alpha value is -2.08. The zero-order valence-electron chi connectivity index (χ0n) is 10.3. The van der Waals surface area contributed by atoms with Gasteiger partial charge in [0.2, 0.25) is 5.91 Å². The highest BCUT2D eigenvalue weighted by atomic mass is 16.2. The van der Waals surface area contributed by atoms with Gasteiger partial charge in [-0.15, -0.1) is 6.42 Å². The number of hydrogen-bond acceptors (Lipinski definition) is 2. The van der Waals surface area contributed by atoms with Crippen LogP contribution in [0.5, 0.6) is 0 Å². The van der Waals surface area contributed by atoms with Crippen molar-refractivity contribution < 1.29 is 4.79 Å². The second-order valence-electron chi connectivity index (χ2n) is 4.77. The van der Waals surface area contributed by atoms with E-state index in [0.717, 1.165) is 29.8 Å². The molecule has 1 fully saturated rings. The smallest absolute Gasteiger partial charge is 0.236 e. The van der Waals surface area contributed by atoms with E-state index in [-0.39, 0.29) is 17.7 Å². The number of aromatic nitrogens is 1. The lowest BCUT2D eigenvalue weighted by molar-refractivity contribution is -0.127. The van der Waals surface area contributed by atoms with E-state index in [1.165, 1.54) is 0 Å². The minimum absolute atomic E-state index is 0.112. The lowest BCUT2D eigenvalue weighted by Crippen LogP contribution is -2.22. The summed E-state index contributed by atoms with van der Waals surface area (Å²) in [4.78, 5) is 18.5. The van der Waals surface area contributed by atoms with Crippen LogP contribution < -0.4 is 0 Å². The van der Waals surface area contributed by atoms with Gasteiger partial charge < -0.3 is 4.90 Å². The fourth-order valence-electron chi connectivity index (χ4n) is 3.04. The third-order valence-electron chi connectivity index (χ3n) is 3.89. The number of allylic oxidation sites excluding steroid dienone is 2. The van der Waals surface area contributed by atoms with E-state index in [1.807, 2.05) is 19.2 Å². The molecule has 90 valence electrons. The molecule has 1 aromatic heterocycles. The molecule has 0 bridgehead atoms. The standard InChI is InChI=1S/C15H14N2O/c1-3-10-6-5-9-16-14(10)13-11-7-4-8-12(11)17(2)15(13)18/h1,5-6,8-9,11,13H,4,7H2,2H3/t11-,13-/m0/s1. The van der Waals surface area contributed by atoms with Gasteiger partial charge in [0.1, 0.15) is 0 Å². The molecular weight excluding hydrogens is 224 g/mol. The summed E-state index contributed by atoms with van der Waals surface area (Å²) in [6.07, 6.45) is 11.4. The molecular formula is C15H14N2O. The quantitative estimate of drug-likeness (QED) is 0.700. The largest absolute Gasteiger partial charge is 0.319 e. The fraction of sp³-hybridized carbons (Fsp3) is 0.333. The molecule has 3 heteroatoms. The predicted octanol–water partition coefficient (Wildman–Crippen LogP) is 1.91. The minimum atomic E-state index is -0.198. The molecule has 1 aliphatic heterocycles. The van der Waals surface area contributed by atoms with Gasteiger partial charge in [0.15, 0.2) is 0 Å². The predicted molar refractivity (Wildman–Crippen MR) is 68.5 cm³/mol. The van der Waals surface area contributed by atoms with Crippen LogP contribution in [0, 0.1) is 18.3 Å². The number of likely N-dealkylation sites (N-methyl/N-ethyl adjacent to an activating group) is 1. The highest BCUT2D eigenvalue weighted by Crippen LogP contribution is 2.46. The number of carbonyl (C=O) groups is 1. The van der Waals surface area contributed by atoms with Crippen LogP contribution in [0.2, 0.25) is 0 Å². The zero-order chi connectivity index (χ0) is 12.7. The Morgan fingerprint density at radius 1 is 1.56 bits per heavy atom.